The van der Waals surface area contributed by atoms with E-state index in [-0.39, 0.29) is 23.8 Å². The van der Waals surface area contributed by atoms with Crippen LogP contribution in [0, 0.1) is 11.8 Å². The molecule has 2 aromatic rings. The van der Waals surface area contributed by atoms with Crippen LogP contribution < -0.4 is 5.32 Å². The highest BCUT2D eigenvalue weighted by Crippen LogP contribution is 2.38. The van der Waals surface area contributed by atoms with E-state index >= 15 is 0 Å². The van der Waals surface area contributed by atoms with Gasteiger partial charge < -0.3 is 9.84 Å². The van der Waals surface area contributed by atoms with E-state index in [2.05, 4.69) is 15.5 Å². The number of benzene rings is 1. The molecule has 1 aromatic carbocycles. The van der Waals surface area contributed by atoms with Gasteiger partial charge in [-0.15, -0.1) is 0 Å². The number of nitrogens with one attached hydrogen (secondary N) is 1. The first kappa shape index (κ1) is 22.7. The maximum atomic E-state index is 12.9. The molecule has 0 bridgehead atoms. The predicted octanol–water partition coefficient (Wildman–Crippen LogP) is 3.47. The second-order valence-electron chi connectivity index (χ2n) is 8.93. The summed E-state index contributed by atoms with van der Waals surface area (Å²) >= 11 is 0. The van der Waals surface area contributed by atoms with Gasteiger partial charge in [0.25, 0.3) is 0 Å². The molecule has 1 aliphatic carbocycles. The summed E-state index contributed by atoms with van der Waals surface area (Å²) in [5.41, 5.74) is 0.830. The van der Waals surface area contributed by atoms with Crippen molar-refractivity contribution in [3.8, 4) is 0 Å². The molecule has 8 nitrogen and oxygen atoms in total. The Morgan fingerprint density at radius 2 is 1.84 bits per heavy atom. The first-order valence-electron chi connectivity index (χ1n) is 11.2. The number of hydrogen-bond acceptors (Lipinski definition) is 6. The van der Waals surface area contributed by atoms with Gasteiger partial charge in [-0.2, -0.15) is 9.29 Å². The van der Waals surface area contributed by atoms with Gasteiger partial charge in [0, 0.05) is 30.3 Å². The molecule has 1 saturated carbocycles. The fraction of sp³-hybridized carbons (Fsp3) is 0.522. The number of rotatable bonds is 8. The van der Waals surface area contributed by atoms with Crippen molar-refractivity contribution in [1.29, 1.82) is 0 Å². The molecule has 0 radical (unpaired) electrons. The molecule has 1 N–H and O–H groups in total. The third-order valence-electron chi connectivity index (χ3n) is 6.05. The van der Waals surface area contributed by atoms with Crippen molar-refractivity contribution < 1.29 is 17.7 Å². The van der Waals surface area contributed by atoms with Gasteiger partial charge in [-0.25, -0.2) is 8.42 Å². The minimum atomic E-state index is -3.52. The Bertz CT molecular complexity index is 1050. The van der Waals surface area contributed by atoms with Crippen LogP contribution in [0.2, 0.25) is 0 Å². The molecule has 2 heterocycles. The van der Waals surface area contributed by atoms with E-state index in [4.69, 9.17) is 4.52 Å². The van der Waals surface area contributed by atoms with Crippen LogP contribution in [0.4, 0.5) is 0 Å². The molecule has 4 rings (SSSR count). The molecule has 1 aromatic heterocycles. The maximum absolute atomic E-state index is 12.9. The third kappa shape index (κ3) is 5.45. The molecule has 1 amide bonds. The summed E-state index contributed by atoms with van der Waals surface area (Å²) in [5, 5.41) is 8.36. The minimum absolute atomic E-state index is 0.0910. The molecule has 0 spiro atoms. The first-order valence-corrected chi connectivity index (χ1v) is 12.7. The molecule has 1 aliphatic heterocycles. The van der Waals surface area contributed by atoms with Crippen molar-refractivity contribution >= 4 is 22.0 Å². The Labute approximate surface area is 189 Å². The molecule has 172 valence electrons. The lowest BCUT2D eigenvalue weighted by atomic mass is 9.95. The lowest BCUT2D eigenvalue weighted by Crippen LogP contribution is -2.43. The maximum Gasteiger partial charge on any atom is 0.249 e. The molecule has 32 heavy (non-hydrogen) atoms. The number of carbonyl (C=O) groups is 1. The minimum Gasteiger partial charge on any atom is -0.344 e. The van der Waals surface area contributed by atoms with Gasteiger partial charge in [0.1, 0.15) is 6.04 Å². The smallest absolute Gasteiger partial charge is 0.249 e. The monoisotopic (exact) mass is 458 g/mol. The molecule has 2 aliphatic rings. The van der Waals surface area contributed by atoms with Crippen molar-refractivity contribution in [2.75, 3.05) is 13.1 Å². The van der Waals surface area contributed by atoms with E-state index in [0.717, 1.165) is 24.2 Å². The van der Waals surface area contributed by atoms with E-state index in [1.807, 2.05) is 44.2 Å². The summed E-state index contributed by atoms with van der Waals surface area (Å²) in [5.74, 6) is 1.31. The molecule has 9 heteroatoms. The van der Waals surface area contributed by atoms with Gasteiger partial charge in [0.05, 0.1) is 0 Å². The Hall–Kier alpha value is -2.52. The number of amides is 1. The Balaban J connectivity index is 1.33. The zero-order chi connectivity index (χ0) is 22.7. The van der Waals surface area contributed by atoms with Crippen LogP contribution in [-0.4, -0.2) is 41.9 Å². The van der Waals surface area contributed by atoms with Crippen LogP contribution in [-0.2, 0) is 14.8 Å². The molecule has 1 unspecified atom stereocenters. The average Bonchev–Trinajstić information content (AvgIpc) is 3.54. The van der Waals surface area contributed by atoms with Gasteiger partial charge in [0.2, 0.25) is 21.8 Å². The van der Waals surface area contributed by atoms with Crippen molar-refractivity contribution in [2.24, 2.45) is 11.8 Å². The number of sulfonamides is 1. The fourth-order valence-corrected chi connectivity index (χ4v) is 5.07. The highest BCUT2D eigenvalue weighted by Gasteiger charge is 2.34. The van der Waals surface area contributed by atoms with E-state index in [1.54, 1.807) is 6.08 Å². The quantitative estimate of drug-likeness (QED) is 0.649. The van der Waals surface area contributed by atoms with Gasteiger partial charge in [-0.1, -0.05) is 49.3 Å². The van der Waals surface area contributed by atoms with E-state index in [1.165, 1.54) is 9.71 Å². The van der Waals surface area contributed by atoms with Gasteiger partial charge >= 0.3 is 0 Å². The number of piperidine rings is 1. The van der Waals surface area contributed by atoms with Gasteiger partial charge in [-0.05, 0) is 43.2 Å². The Kier molecular flexibility index (Phi) is 6.76. The van der Waals surface area contributed by atoms with E-state index in [9.17, 15) is 13.2 Å². The van der Waals surface area contributed by atoms with Gasteiger partial charge in [-0.3, -0.25) is 4.79 Å². The zero-order valence-electron chi connectivity index (χ0n) is 18.5. The van der Waals surface area contributed by atoms with Crippen LogP contribution >= 0.6 is 0 Å². The summed E-state index contributed by atoms with van der Waals surface area (Å²) in [4.78, 5) is 17.4. The number of nitrogens with zero attached hydrogens (tertiary/aromatic N) is 3. The van der Waals surface area contributed by atoms with Crippen LogP contribution in [0.3, 0.4) is 0 Å². The predicted molar refractivity (Wildman–Crippen MR) is 121 cm³/mol. The second kappa shape index (κ2) is 9.54. The average molecular weight is 459 g/mol. The SMILES string of the molecule is CC(C)C(NC(=O)C1CCN(S(=O)(=O)/C=C/c2ccccc2)CC1)c1nc(C2CC2)no1. The molecular weight excluding hydrogens is 428 g/mol. The van der Waals surface area contributed by atoms with Crippen molar-refractivity contribution in [3.05, 3.63) is 53.0 Å². The highest BCUT2D eigenvalue weighted by atomic mass is 32.2. The van der Waals surface area contributed by atoms with Crippen molar-refractivity contribution in [2.45, 2.75) is 51.5 Å². The first-order chi connectivity index (χ1) is 15.3. The normalized spacial score (nSPS) is 19.5. The Morgan fingerprint density at radius 3 is 2.47 bits per heavy atom. The van der Waals surface area contributed by atoms with Crippen LogP contribution in [0.15, 0.2) is 40.3 Å². The molecule has 1 saturated heterocycles. The molecular formula is C23H30N4O4S. The zero-order valence-corrected chi connectivity index (χ0v) is 19.3. The summed E-state index contributed by atoms with van der Waals surface area (Å²) < 4.78 is 32.2. The summed E-state index contributed by atoms with van der Waals surface area (Å²) in [6.07, 6.45) is 4.72. The van der Waals surface area contributed by atoms with Crippen LogP contribution in [0.25, 0.3) is 6.08 Å². The lowest BCUT2D eigenvalue weighted by molar-refractivity contribution is -0.127. The van der Waals surface area contributed by atoms with Crippen LogP contribution in [0.5, 0.6) is 0 Å². The molecule has 1 atom stereocenters. The fourth-order valence-electron chi connectivity index (χ4n) is 3.85. The topological polar surface area (TPSA) is 105 Å². The van der Waals surface area contributed by atoms with Crippen molar-refractivity contribution in [1.82, 2.24) is 19.8 Å². The van der Waals surface area contributed by atoms with E-state index in [0.29, 0.717) is 37.7 Å². The van der Waals surface area contributed by atoms with Crippen LogP contribution in [0.1, 0.15) is 68.8 Å². The summed E-state index contributed by atoms with van der Waals surface area (Å²) in [7, 11) is -3.52. The number of hydrogen-bond donors (Lipinski definition) is 1. The standard InChI is InChI=1S/C23H30N4O4S/c1-16(2)20(23-25-21(26-31-23)18-8-9-18)24-22(28)19-10-13-27(14-11-19)32(29,30)15-12-17-6-4-3-5-7-17/h3-7,12,15-16,18-20H,8-11,13-14H2,1-2H3,(H,24,28)/b15-12+. The third-order valence-corrected chi connectivity index (χ3v) is 7.61. The molecule has 2 fully saturated rings. The van der Waals surface area contributed by atoms with Gasteiger partial charge in [0.15, 0.2) is 5.82 Å². The largest absolute Gasteiger partial charge is 0.344 e. The summed E-state index contributed by atoms with van der Waals surface area (Å²) in [6.45, 7) is 4.64. The summed E-state index contributed by atoms with van der Waals surface area (Å²) in [6, 6.07) is 8.97. The van der Waals surface area contributed by atoms with E-state index < -0.39 is 10.0 Å². The number of aromatic nitrogens is 2. The van der Waals surface area contributed by atoms with Crippen molar-refractivity contribution in [3.63, 3.8) is 0 Å². The Morgan fingerprint density at radius 1 is 1.16 bits per heavy atom. The lowest BCUT2D eigenvalue weighted by Gasteiger charge is -2.30. The number of carbonyl (C=O) groups excluding carboxylic acids is 1. The second-order valence-corrected chi connectivity index (χ2v) is 10.7. The highest BCUT2D eigenvalue weighted by molar-refractivity contribution is 7.92.